The van der Waals surface area contributed by atoms with Crippen molar-refractivity contribution in [3.8, 4) is 0 Å². The average molecular weight is 1430 g/mol. The summed E-state index contributed by atoms with van der Waals surface area (Å²) in [6, 6.07) is 1.44. The molecule has 0 aromatic heterocycles. The number of hydrogen-bond acceptors (Lipinski definition) is 10. The zero-order chi connectivity index (χ0) is 73.1. The molecule has 3 amide bonds. The summed E-state index contributed by atoms with van der Waals surface area (Å²) in [7, 11) is 3.53. The lowest BCUT2D eigenvalue weighted by Crippen LogP contribution is -2.57. The molecule has 24 atom stereocenters. The fourth-order valence-electron chi connectivity index (χ4n) is 26.0. The monoisotopic (exact) mass is 1430 g/mol. The number of ketones is 1. The summed E-state index contributed by atoms with van der Waals surface area (Å²) in [5.41, 5.74) is 12.6. The number of nitrogens with one attached hydrogen (secondary N) is 2. The van der Waals surface area contributed by atoms with Crippen LogP contribution < -0.4 is 22.1 Å². The number of nitrogens with zero attached hydrogens (tertiary/aromatic N) is 1. The van der Waals surface area contributed by atoms with Gasteiger partial charge in [-0.25, -0.2) is 9.59 Å². The molecule has 13 nitrogen and oxygen atoms in total. The van der Waals surface area contributed by atoms with Gasteiger partial charge in [0.25, 0.3) is 0 Å². The highest BCUT2D eigenvalue weighted by molar-refractivity contribution is 5.78. The van der Waals surface area contributed by atoms with Gasteiger partial charge in [-0.3, -0.25) is 4.79 Å². The number of fused-ring (bicyclic) bond motifs is 14. The Morgan fingerprint density at radius 2 is 1.02 bits per heavy atom. The third-order valence-corrected chi connectivity index (χ3v) is 31.9. The van der Waals surface area contributed by atoms with Crippen molar-refractivity contribution in [1.29, 1.82) is 0 Å². The molecule has 4 heterocycles. The second-order valence-corrected chi connectivity index (χ2v) is 40.5. The van der Waals surface area contributed by atoms with E-state index in [9.17, 15) is 14.4 Å². The van der Waals surface area contributed by atoms with Crippen molar-refractivity contribution in [2.45, 2.75) is 396 Å². The maximum Gasteiger partial charge on any atom is 0.407 e. The number of nitrogens with two attached hydrogens (primary N) is 2. The highest BCUT2D eigenvalue weighted by Gasteiger charge is 2.71. The standard InChI is InChI=1S/C35H58N2O3.C27H45NO2.C11H23NO2.C8H16.C6H10O.CH5N.CH4/c1-22-13-18-35(39-21-22)23(2)31-30(40-35)20-29-27-12-11-24-19-25(36-32(38)37(5)26-9-7-6-8-10-26)14-16-33(24,3)28(27)15-17-34(29,31)4;1-16-7-12-27(29-15-16)17(2)24-23(30-27)14-22-20-6-5-18-13-19(28)8-10-25(18,3)21(20)9-11-26(22,24)4;1-10(2,3)7-8-12-9(13)14-11(4,5)6;1-2-8-6-4-3-5-7-8;7-6-4-2-1-3-5-6;1-2;/h22-31H,6-21H2,1-5H3,(H,36,38);16-24H,5-15,28H2,1-4H3;7-8H2,1-6H3,(H,12,13);8H,2-7H2,1H3;1-5H2;2H2,1H3;1H4/t22-,23-,24+,25+,27+,28-,29-,30-,31-,33-,34-,35+;16-,17-,18+,19+,20+,21-,22-,23-,24-,25-,26-,27+;;;;;/m00...../s1. The third-order valence-electron chi connectivity index (χ3n) is 31.9. The quantitative estimate of drug-likeness (QED) is 0.207. The van der Waals surface area contributed by atoms with Gasteiger partial charge in [-0.05, 0) is 280 Å². The van der Waals surface area contributed by atoms with E-state index in [0.717, 1.165) is 118 Å². The van der Waals surface area contributed by atoms with E-state index in [1.165, 1.54) is 193 Å². The molecule has 15 fully saturated rings. The van der Waals surface area contributed by atoms with Gasteiger partial charge in [-0.15, -0.1) is 0 Å². The molecule has 0 aromatic carbocycles. The van der Waals surface area contributed by atoms with Gasteiger partial charge in [0, 0.05) is 69.2 Å². The van der Waals surface area contributed by atoms with E-state index in [2.05, 4.69) is 99.5 Å². The number of Topliss-reactive ketones (excluding diaryl/α,β-unsaturated/α-hetero) is 1. The summed E-state index contributed by atoms with van der Waals surface area (Å²) < 4.78 is 32.0. The zero-order valence-electron chi connectivity index (χ0n) is 68.2. The number of carbonyl (C=O) groups excluding carboxylic acids is 3. The number of hydrogen-bond donors (Lipinski definition) is 4. The maximum absolute atomic E-state index is 13.2. The van der Waals surface area contributed by atoms with Gasteiger partial charge in [0.1, 0.15) is 11.4 Å². The molecule has 0 unspecified atom stereocenters. The SMILES string of the molecule is C.CC(C)(C)CCNC(=O)OC(C)(C)C.CCC1CCCCC1.CN.C[C@H]1CC[C@@]2(OC1)O[C@H]1C[C@H]3[C@@H]4CC[C@@H]5C[C@H](N)CC[C@]5(C)[C@H]4CC[C@]3(C)[C@H]1[C@@H]2C.C[C@H]1CC[C@@]2(OC1)O[C@H]1C[C@H]3[C@@H]4CC[C@@H]5C[C@H](NC(=O)N(C)C6CCCCC6)CC[C@]5(C)[C@H]4CC[C@]3(C)[C@H]1[C@@H]2C.O=C1CCCCC1. The molecule has 0 radical (unpaired) electrons. The lowest BCUT2D eigenvalue weighted by atomic mass is 9.44. The Hall–Kier alpha value is -2.03. The number of urea groups is 1. The largest absolute Gasteiger partial charge is 0.444 e. The molecular formula is C89H161N5O8. The van der Waals surface area contributed by atoms with Crippen LogP contribution in [0.4, 0.5) is 9.59 Å². The first-order valence-electron chi connectivity index (χ1n) is 43.3. The number of carbonyl (C=O) groups is 3. The minimum absolute atomic E-state index is 0. The molecule has 4 aliphatic heterocycles. The summed E-state index contributed by atoms with van der Waals surface area (Å²) in [5, 5.41) is 6.24. The Balaban J connectivity index is 0.000000170. The van der Waals surface area contributed by atoms with Crippen LogP contribution in [0.1, 0.15) is 349 Å². The van der Waals surface area contributed by atoms with Crippen LogP contribution in [0.5, 0.6) is 0 Å². The molecule has 15 aliphatic rings. The van der Waals surface area contributed by atoms with Crippen molar-refractivity contribution >= 4 is 17.9 Å². The maximum atomic E-state index is 13.2. The fourth-order valence-corrected chi connectivity index (χ4v) is 26.0. The number of ether oxygens (including phenoxy) is 5. The second-order valence-electron chi connectivity index (χ2n) is 40.5. The summed E-state index contributed by atoms with van der Waals surface area (Å²) in [6.07, 6.45) is 47.9. The average Bonchev–Trinajstić information content (AvgIpc) is 1.50. The van der Waals surface area contributed by atoms with Crippen LogP contribution in [0.25, 0.3) is 0 Å². The van der Waals surface area contributed by atoms with Crippen LogP contribution in [0.3, 0.4) is 0 Å². The number of amides is 3. The predicted octanol–water partition coefficient (Wildman–Crippen LogP) is 21.2. The van der Waals surface area contributed by atoms with E-state index in [4.69, 9.17) is 29.4 Å². The molecule has 2 spiro atoms. The third kappa shape index (κ3) is 18.4. The highest BCUT2D eigenvalue weighted by atomic mass is 16.7. The first-order valence-corrected chi connectivity index (χ1v) is 43.3. The van der Waals surface area contributed by atoms with E-state index in [1.807, 2.05) is 32.7 Å². The van der Waals surface area contributed by atoms with Gasteiger partial charge in [0.05, 0.1) is 25.4 Å². The molecule has 11 aliphatic carbocycles. The first kappa shape index (κ1) is 84.0. The number of alkyl carbamates (subject to hydrolysis) is 1. The van der Waals surface area contributed by atoms with Crippen LogP contribution in [0, 0.1) is 116 Å². The Morgan fingerprint density at radius 1 is 0.559 bits per heavy atom. The van der Waals surface area contributed by atoms with Crippen LogP contribution in [0.15, 0.2) is 0 Å². The molecule has 590 valence electrons. The molecule has 4 saturated heterocycles. The van der Waals surface area contributed by atoms with Gasteiger partial charge in [-0.2, -0.15) is 0 Å². The van der Waals surface area contributed by atoms with Gasteiger partial charge in [0.2, 0.25) is 0 Å². The lowest BCUT2D eigenvalue weighted by molar-refractivity contribution is -0.273. The van der Waals surface area contributed by atoms with Crippen molar-refractivity contribution in [2.24, 2.45) is 127 Å². The second kappa shape index (κ2) is 34.9. The summed E-state index contributed by atoms with van der Waals surface area (Å²) in [4.78, 5) is 36.9. The van der Waals surface area contributed by atoms with E-state index < -0.39 is 5.60 Å². The fraction of sp³-hybridized carbons (Fsp3) is 0.966. The molecule has 11 saturated carbocycles. The topological polar surface area (TPSA) is 177 Å². The van der Waals surface area contributed by atoms with Gasteiger partial charge in [0.15, 0.2) is 11.6 Å². The smallest absolute Gasteiger partial charge is 0.407 e. The van der Waals surface area contributed by atoms with Crippen molar-refractivity contribution < 1.29 is 38.1 Å². The predicted molar refractivity (Wildman–Crippen MR) is 418 cm³/mol. The van der Waals surface area contributed by atoms with E-state index in [1.54, 1.807) is 0 Å². The number of rotatable bonds is 5. The van der Waals surface area contributed by atoms with Crippen LogP contribution in [0.2, 0.25) is 0 Å². The highest BCUT2D eigenvalue weighted by Crippen LogP contribution is 2.74. The normalized spacial score (nSPS) is 44.1. The molecule has 15 rings (SSSR count). The van der Waals surface area contributed by atoms with Crippen molar-refractivity contribution in [2.75, 3.05) is 33.9 Å². The van der Waals surface area contributed by atoms with E-state index >= 15 is 0 Å². The Labute approximate surface area is 625 Å². The Morgan fingerprint density at radius 3 is 1.45 bits per heavy atom. The van der Waals surface area contributed by atoms with Crippen LogP contribution in [-0.2, 0) is 28.5 Å². The van der Waals surface area contributed by atoms with Gasteiger partial charge < -0.3 is 50.7 Å². The minimum atomic E-state index is -0.411. The van der Waals surface area contributed by atoms with Crippen LogP contribution >= 0.6 is 0 Å². The van der Waals surface area contributed by atoms with Crippen molar-refractivity contribution in [1.82, 2.24) is 15.5 Å². The molecule has 0 aromatic rings. The summed E-state index contributed by atoms with van der Waals surface area (Å²) in [6.45, 7) is 37.0. The molecule has 0 bridgehead atoms. The molecule has 6 N–H and O–H groups in total. The summed E-state index contributed by atoms with van der Waals surface area (Å²) >= 11 is 0. The van der Waals surface area contributed by atoms with Crippen molar-refractivity contribution in [3.63, 3.8) is 0 Å². The summed E-state index contributed by atoms with van der Waals surface area (Å²) in [5.74, 6) is 11.6. The van der Waals surface area contributed by atoms with Gasteiger partial charge >= 0.3 is 12.1 Å². The zero-order valence-corrected chi connectivity index (χ0v) is 68.2. The van der Waals surface area contributed by atoms with E-state index in [0.29, 0.717) is 99.8 Å². The Kier molecular flexibility index (Phi) is 28.7. The van der Waals surface area contributed by atoms with Gasteiger partial charge in [-0.1, -0.05) is 155 Å². The Bertz CT molecular complexity index is 2620. The molecule has 13 heteroatoms. The lowest BCUT2D eigenvalue weighted by Gasteiger charge is -2.61. The van der Waals surface area contributed by atoms with Crippen LogP contribution in [-0.4, -0.2) is 104 Å². The van der Waals surface area contributed by atoms with Crippen molar-refractivity contribution in [3.05, 3.63) is 0 Å². The molecule has 102 heavy (non-hydrogen) atoms. The molecular weight excluding hydrogens is 1270 g/mol. The van der Waals surface area contributed by atoms with E-state index in [-0.39, 0.29) is 36.5 Å². The first-order chi connectivity index (χ1) is 47.8. The minimum Gasteiger partial charge on any atom is -0.444 e.